The summed E-state index contributed by atoms with van der Waals surface area (Å²) in [6, 6.07) is 21.4. The molecule has 0 unspecified atom stereocenters. The molecule has 3 aromatic carbocycles. The molecule has 1 fully saturated rings. The van der Waals surface area contributed by atoms with E-state index in [2.05, 4.69) is 62.9 Å². The number of carbonyl (C=O) groups is 1. The SMILES string of the molecule is C=C(C)C(=O)OCCOc1cc(OCCO)ccc1-c1ccc(-c2ccc(C3CCC(CCCCC)CC3)cc2)cc1C. The molecule has 5 nitrogen and oxygen atoms in total. The maximum absolute atomic E-state index is 11.7. The molecule has 1 N–H and O–H groups in total. The maximum atomic E-state index is 11.7. The van der Waals surface area contributed by atoms with Gasteiger partial charge in [0.05, 0.1) is 6.61 Å². The van der Waals surface area contributed by atoms with Crippen molar-refractivity contribution in [3.63, 3.8) is 0 Å². The second kappa shape index (κ2) is 16.3. The van der Waals surface area contributed by atoms with E-state index < -0.39 is 5.97 Å². The highest BCUT2D eigenvalue weighted by molar-refractivity contribution is 5.86. The van der Waals surface area contributed by atoms with Crippen LogP contribution in [0.5, 0.6) is 11.5 Å². The number of aliphatic hydroxyl groups excluding tert-OH is 1. The van der Waals surface area contributed by atoms with E-state index in [0.717, 1.165) is 22.6 Å². The third-order valence-corrected chi connectivity index (χ3v) is 8.53. The average molecular weight is 585 g/mol. The highest BCUT2D eigenvalue weighted by atomic mass is 16.6. The molecule has 1 saturated carbocycles. The number of hydrogen-bond donors (Lipinski definition) is 1. The number of aliphatic hydroxyl groups is 1. The van der Waals surface area contributed by atoms with Crippen LogP contribution in [0.4, 0.5) is 0 Å². The van der Waals surface area contributed by atoms with Gasteiger partial charge in [0.15, 0.2) is 0 Å². The summed E-state index contributed by atoms with van der Waals surface area (Å²) in [5.41, 5.74) is 7.34. The zero-order valence-electron chi connectivity index (χ0n) is 26.2. The van der Waals surface area contributed by atoms with Crippen molar-refractivity contribution >= 4 is 5.97 Å². The topological polar surface area (TPSA) is 65.0 Å². The molecule has 0 amide bonds. The van der Waals surface area contributed by atoms with Gasteiger partial charge in [-0.15, -0.1) is 0 Å². The molecule has 1 aliphatic rings. The van der Waals surface area contributed by atoms with E-state index >= 15 is 0 Å². The molecule has 43 heavy (non-hydrogen) atoms. The quantitative estimate of drug-likeness (QED) is 0.110. The van der Waals surface area contributed by atoms with Crippen molar-refractivity contribution in [2.45, 2.75) is 78.1 Å². The summed E-state index contributed by atoms with van der Waals surface area (Å²) in [5.74, 6) is 2.41. The summed E-state index contributed by atoms with van der Waals surface area (Å²) in [6.45, 7) is 10.1. The molecule has 1 aliphatic carbocycles. The number of aryl methyl sites for hydroxylation is 1. The Morgan fingerprint density at radius 1 is 0.860 bits per heavy atom. The first kappa shape index (κ1) is 32.3. The molecule has 5 heteroatoms. The van der Waals surface area contributed by atoms with Gasteiger partial charge in [0.1, 0.15) is 31.3 Å². The number of ether oxygens (including phenoxy) is 3. The summed E-state index contributed by atoms with van der Waals surface area (Å²) in [7, 11) is 0. The van der Waals surface area contributed by atoms with E-state index in [0.29, 0.717) is 23.0 Å². The van der Waals surface area contributed by atoms with Gasteiger partial charge in [-0.1, -0.05) is 81.7 Å². The summed E-state index contributed by atoms with van der Waals surface area (Å²) in [6.07, 6.45) is 10.9. The Hall–Kier alpha value is -3.57. The molecular weight excluding hydrogens is 536 g/mol. The van der Waals surface area contributed by atoms with Crippen molar-refractivity contribution in [2.24, 2.45) is 5.92 Å². The summed E-state index contributed by atoms with van der Waals surface area (Å²) >= 11 is 0. The first-order chi connectivity index (χ1) is 20.9. The van der Waals surface area contributed by atoms with Crippen LogP contribution in [0.2, 0.25) is 0 Å². The van der Waals surface area contributed by atoms with Crippen molar-refractivity contribution < 1.29 is 24.1 Å². The molecule has 0 aromatic heterocycles. The van der Waals surface area contributed by atoms with Crippen LogP contribution in [0.15, 0.2) is 72.8 Å². The Bertz CT molecular complexity index is 1330. The Labute approximate surface area is 257 Å². The predicted molar refractivity (Wildman–Crippen MR) is 175 cm³/mol. The fourth-order valence-electron chi connectivity index (χ4n) is 6.07. The van der Waals surface area contributed by atoms with E-state index in [9.17, 15) is 4.79 Å². The monoisotopic (exact) mass is 584 g/mol. The van der Waals surface area contributed by atoms with Crippen LogP contribution in [0.1, 0.15) is 82.3 Å². The highest BCUT2D eigenvalue weighted by Crippen LogP contribution is 2.39. The van der Waals surface area contributed by atoms with Gasteiger partial charge in [-0.3, -0.25) is 0 Å². The molecule has 3 aromatic rings. The molecule has 0 heterocycles. The summed E-state index contributed by atoms with van der Waals surface area (Å²) < 4.78 is 16.9. The van der Waals surface area contributed by atoms with Crippen LogP contribution in [0.3, 0.4) is 0 Å². The normalized spacial score (nSPS) is 16.5. The van der Waals surface area contributed by atoms with Crippen LogP contribution in [-0.2, 0) is 9.53 Å². The molecule has 0 radical (unpaired) electrons. The molecule has 0 saturated heterocycles. The van der Waals surface area contributed by atoms with Crippen LogP contribution in [0, 0.1) is 12.8 Å². The number of benzene rings is 3. The van der Waals surface area contributed by atoms with Crippen LogP contribution in [0.25, 0.3) is 22.3 Å². The van der Waals surface area contributed by atoms with Crippen LogP contribution < -0.4 is 9.47 Å². The van der Waals surface area contributed by atoms with E-state index in [1.165, 1.54) is 68.1 Å². The second-order valence-electron chi connectivity index (χ2n) is 11.9. The molecule has 4 rings (SSSR count). The lowest BCUT2D eigenvalue weighted by molar-refractivity contribution is -0.139. The van der Waals surface area contributed by atoms with Crippen LogP contribution >= 0.6 is 0 Å². The minimum atomic E-state index is -0.437. The third kappa shape index (κ3) is 9.21. The van der Waals surface area contributed by atoms with Crippen molar-refractivity contribution in [1.29, 1.82) is 0 Å². The molecule has 0 spiro atoms. The smallest absolute Gasteiger partial charge is 0.333 e. The van der Waals surface area contributed by atoms with Gasteiger partial charge in [-0.2, -0.15) is 0 Å². The van der Waals surface area contributed by atoms with Gasteiger partial charge in [-0.05, 0) is 91.3 Å². The number of carbonyl (C=O) groups excluding carboxylic acids is 1. The van der Waals surface area contributed by atoms with E-state index in [1.54, 1.807) is 6.92 Å². The number of unbranched alkanes of at least 4 members (excludes halogenated alkanes) is 2. The van der Waals surface area contributed by atoms with E-state index in [-0.39, 0.29) is 26.4 Å². The van der Waals surface area contributed by atoms with Gasteiger partial charge >= 0.3 is 5.97 Å². The fourth-order valence-corrected chi connectivity index (χ4v) is 6.07. The van der Waals surface area contributed by atoms with Gasteiger partial charge in [0, 0.05) is 17.2 Å². The Morgan fingerprint density at radius 2 is 1.58 bits per heavy atom. The van der Waals surface area contributed by atoms with E-state index in [1.807, 2.05) is 18.2 Å². The summed E-state index contributed by atoms with van der Waals surface area (Å²) in [4.78, 5) is 11.7. The number of rotatable bonds is 15. The third-order valence-electron chi connectivity index (χ3n) is 8.53. The highest BCUT2D eigenvalue weighted by Gasteiger charge is 2.22. The largest absolute Gasteiger partial charge is 0.491 e. The zero-order valence-corrected chi connectivity index (χ0v) is 26.2. The maximum Gasteiger partial charge on any atom is 0.333 e. The molecule has 0 aliphatic heterocycles. The Morgan fingerprint density at radius 3 is 2.26 bits per heavy atom. The first-order valence-corrected chi connectivity index (χ1v) is 15.9. The Balaban J connectivity index is 1.45. The molecule has 0 atom stereocenters. The Kier molecular flexibility index (Phi) is 12.3. The lowest BCUT2D eigenvalue weighted by Gasteiger charge is -2.29. The molecule has 0 bridgehead atoms. The van der Waals surface area contributed by atoms with Crippen molar-refractivity contribution in [2.75, 3.05) is 26.4 Å². The molecular formula is C38H48O5. The minimum absolute atomic E-state index is 0.0728. The number of esters is 1. The number of hydrogen-bond acceptors (Lipinski definition) is 5. The lowest BCUT2D eigenvalue weighted by atomic mass is 9.77. The molecule has 230 valence electrons. The predicted octanol–water partition coefficient (Wildman–Crippen LogP) is 9.05. The zero-order chi connectivity index (χ0) is 30.6. The fraction of sp³-hybridized carbons (Fsp3) is 0.447. The van der Waals surface area contributed by atoms with Crippen molar-refractivity contribution in [3.05, 3.63) is 83.9 Å². The van der Waals surface area contributed by atoms with Crippen LogP contribution in [-0.4, -0.2) is 37.5 Å². The van der Waals surface area contributed by atoms with Crippen molar-refractivity contribution in [3.8, 4) is 33.8 Å². The van der Waals surface area contributed by atoms with Gasteiger partial charge in [-0.25, -0.2) is 4.79 Å². The average Bonchev–Trinajstić information content (AvgIpc) is 3.02. The standard InChI is InChI=1S/C38H48O5/c1-5-6-7-8-29-9-11-30(12-10-29)31-13-15-32(16-14-31)33-17-19-35(28(4)25-33)36-20-18-34(41-22-21-39)26-37(36)42-23-24-43-38(40)27(2)3/h13-20,25-26,29-30,39H,2,5-12,21-24H2,1,3-4H3. The van der Waals surface area contributed by atoms with Gasteiger partial charge in [0.2, 0.25) is 0 Å². The first-order valence-electron chi connectivity index (χ1n) is 15.9. The second-order valence-corrected chi connectivity index (χ2v) is 11.9. The van der Waals surface area contributed by atoms with Crippen molar-refractivity contribution in [1.82, 2.24) is 0 Å². The van der Waals surface area contributed by atoms with Gasteiger partial charge < -0.3 is 19.3 Å². The minimum Gasteiger partial charge on any atom is -0.491 e. The lowest BCUT2D eigenvalue weighted by Crippen LogP contribution is -2.13. The summed E-state index contributed by atoms with van der Waals surface area (Å²) in [5, 5.41) is 9.17. The van der Waals surface area contributed by atoms with Gasteiger partial charge in [0.25, 0.3) is 0 Å². The van der Waals surface area contributed by atoms with E-state index in [4.69, 9.17) is 19.3 Å².